The number of hydrogen-bond donors (Lipinski definition) is 6. The molecule has 1 saturated heterocycles. The van der Waals surface area contributed by atoms with E-state index in [0.29, 0.717) is 23.5 Å². The van der Waals surface area contributed by atoms with Crippen molar-refractivity contribution >= 4 is 17.0 Å². The molecule has 0 radical (unpaired) electrons. The van der Waals surface area contributed by atoms with E-state index in [2.05, 4.69) is 20.3 Å². The average Bonchev–Trinajstić information content (AvgIpc) is 3.11. The number of fused-ring (bicyclic) bond motifs is 1. The first kappa shape index (κ1) is 19.9. The minimum atomic E-state index is -1.49. The van der Waals surface area contributed by atoms with Crippen LogP contribution in [0.5, 0.6) is 0 Å². The Morgan fingerprint density at radius 1 is 1.15 bits per heavy atom. The first-order valence-corrected chi connectivity index (χ1v) is 8.80. The number of aliphatic hydroxyl groups is 5. The fraction of sp³-hybridized carbons (Fsp3) is 0.688. The summed E-state index contributed by atoms with van der Waals surface area (Å²) in [7, 11) is 0. The molecule has 6 atom stereocenters. The first-order chi connectivity index (χ1) is 13.0. The lowest BCUT2D eigenvalue weighted by atomic mass is 9.98. The average molecular weight is 383 g/mol. The maximum Gasteiger partial charge on any atom is 0.167 e. The van der Waals surface area contributed by atoms with Crippen molar-refractivity contribution in [2.75, 3.05) is 25.1 Å². The molecular weight excluding hydrogens is 358 g/mol. The van der Waals surface area contributed by atoms with Crippen molar-refractivity contribution in [2.24, 2.45) is 5.92 Å². The smallest absolute Gasteiger partial charge is 0.167 e. The Morgan fingerprint density at radius 2 is 1.93 bits per heavy atom. The topological polar surface area (TPSA) is 166 Å². The van der Waals surface area contributed by atoms with Crippen molar-refractivity contribution in [2.45, 2.75) is 44.0 Å². The lowest BCUT2D eigenvalue weighted by Gasteiger charge is -2.40. The summed E-state index contributed by atoms with van der Waals surface area (Å²) < 4.78 is 6.99. The van der Waals surface area contributed by atoms with E-state index < -0.39 is 37.3 Å². The molecule has 150 valence electrons. The molecule has 0 bridgehead atoms. The Kier molecular flexibility index (Phi) is 6.19. The number of ether oxygens (including phenoxy) is 1. The first-order valence-electron chi connectivity index (χ1n) is 8.80. The molecule has 1 fully saturated rings. The fourth-order valence-corrected chi connectivity index (χ4v) is 3.01. The van der Waals surface area contributed by atoms with Gasteiger partial charge in [-0.15, -0.1) is 0 Å². The molecule has 1 aliphatic rings. The van der Waals surface area contributed by atoms with Crippen molar-refractivity contribution in [3.8, 4) is 0 Å². The van der Waals surface area contributed by atoms with Crippen molar-refractivity contribution < 1.29 is 30.3 Å². The van der Waals surface area contributed by atoms with Crippen LogP contribution in [-0.2, 0) is 4.74 Å². The minimum absolute atomic E-state index is 0.104. The zero-order valence-electron chi connectivity index (χ0n) is 14.9. The van der Waals surface area contributed by atoms with Crippen LogP contribution in [0.4, 0.5) is 5.82 Å². The molecule has 3 rings (SSSR count). The van der Waals surface area contributed by atoms with Crippen LogP contribution in [0, 0.1) is 5.92 Å². The van der Waals surface area contributed by atoms with Gasteiger partial charge < -0.3 is 35.6 Å². The molecule has 0 spiro atoms. The molecule has 0 saturated carbocycles. The summed E-state index contributed by atoms with van der Waals surface area (Å²) in [5.74, 6) is 0.648. The molecule has 2 aromatic rings. The van der Waals surface area contributed by atoms with Gasteiger partial charge in [0.25, 0.3) is 0 Å². The van der Waals surface area contributed by atoms with Gasteiger partial charge in [-0.05, 0) is 12.3 Å². The van der Waals surface area contributed by atoms with Crippen LogP contribution >= 0.6 is 0 Å². The highest BCUT2D eigenvalue weighted by molar-refractivity contribution is 5.82. The van der Waals surface area contributed by atoms with E-state index in [-0.39, 0.29) is 12.5 Å². The third-order valence-electron chi connectivity index (χ3n) is 4.74. The third-order valence-corrected chi connectivity index (χ3v) is 4.74. The van der Waals surface area contributed by atoms with E-state index in [1.54, 1.807) is 0 Å². The molecule has 0 aromatic carbocycles. The molecule has 2 aromatic heterocycles. The molecule has 1 aliphatic heterocycles. The Bertz CT molecular complexity index is 756. The highest BCUT2D eigenvalue weighted by Gasteiger charge is 2.44. The second kappa shape index (κ2) is 8.42. The van der Waals surface area contributed by atoms with Crippen LogP contribution in [0.3, 0.4) is 0 Å². The minimum Gasteiger partial charge on any atom is -0.396 e. The van der Waals surface area contributed by atoms with Crippen LogP contribution < -0.4 is 5.32 Å². The molecule has 0 amide bonds. The monoisotopic (exact) mass is 383 g/mol. The SMILES string of the molecule is CC(CO)CCNc1ncnc2c1ncn2C1OC(CO)C(O)C(O)C1O. The quantitative estimate of drug-likeness (QED) is 0.322. The lowest BCUT2D eigenvalue weighted by Crippen LogP contribution is -2.56. The number of rotatable bonds is 7. The maximum atomic E-state index is 10.3. The van der Waals surface area contributed by atoms with Crippen LogP contribution in [0.15, 0.2) is 12.7 Å². The molecular formula is C16H25N5O6. The fourth-order valence-electron chi connectivity index (χ4n) is 3.01. The molecule has 11 nitrogen and oxygen atoms in total. The Morgan fingerprint density at radius 3 is 2.63 bits per heavy atom. The Hall–Kier alpha value is -1.89. The molecule has 6 unspecified atom stereocenters. The Balaban J connectivity index is 1.85. The van der Waals surface area contributed by atoms with Gasteiger partial charge in [0.15, 0.2) is 23.2 Å². The van der Waals surface area contributed by atoms with Gasteiger partial charge in [-0.2, -0.15) is 0 Å². The molecule has 11 heteroatoms. The number of aromatic nitrogens is 4. The van der Waals surface area contributed by atoms with Gasteiger partial charge >= 0.3 is 0 Å². The van der Waals surface area contributed by atoms with E-state index in [1.807, 2.05) is 6.92 Å². The second-order valence-electron chi connectivity index (χ2n) is 6.77. The van der Waals surface area contributed by atoms with Gasteiger partial charge in [0, 0.05) is 13.2 Å². The van der Waals surface area contributed by atoms with Gasteiger partial charge in [-0.3, -0.25) is 4.57 Å². The van der Waals surface area contributed by atoms with Crippen LogP contribution in [-0.4, -0.2) is 89.2 Å². The summed E-state index contributed by atoms with van der Waals surface area (Å²) in [6.45, 7) is 2.11. The molecule has 6 N–H and O–H groups in total. The van der Waals surface area contributed by atoms with Crippen LogP contribution in [0.1, 0.15) is 19.6 Å². The number of anilines is 1. The van der Waals surface area contributed by atoms with E-state index >= 15 is 0 Å². The molecule has 0 aliphatic carbocycles. The molecule has 27 heavy (non-hydrogen) atoms. The van der Waals surface area contributed by atoms with Crippen LogP contribution in [0.25, 0.3) is 11.2 Å². The number of nitrogens with one attached hydrogen (secondary N) is 1. The summed E-state index contributed by atoms with van der Waals surface area (Å²) in [6, 6.07) is 0. The zero-order valence-corrected chi connectivity index (χ0v) is 14.9. The largest absolute Gasteiger partial charge is 0.396 e. The van der Waals surface area contributed by atoms with E-state index in [4.69, 9.17) is 9.84 Å². The normalized spacial score (nSPS) is 29.8. The van der Waals surface area contributed by atoms with Gasteiger partial charge in [-0.25, -0.2) is 15.0 Å². The molecule has 3 heterocycles. The van der Waals surface area contributed by atoms with Crippen molar-refractivity contribution in [3.05, 3.63) is 12.7 Å². The van der Waals surface area contributed by atoms with E-state index in [9.17, 15) is 20.4 Å². The predicted octanol–water partition coefficient (Wildman–Crippen LogP) is -1.77. The maximum absolute atomic E-state index is 10.3. The summed E-state index contributed by atoms with van der Waals surface area (Å²) >= 11 is 0. The predicted molar refractivity (Wildman–Crippen MR) is 93.7 cm³/mol. The number of nitrogens with zero attached hydrogens (tertiary/aromatic N) is 4. The number of hydrogen-bond acceptors (Lipinski definition) is 10. The van der Waals surface area contributed by atoms with Gasteiger partial charge in [0.1, 0.15) is 30.7 Å². The summed E-state index contributed by atoms with van der Waals surface area (Å²) in [5.41, 5.74) is 0.818. The summed E-state index contributed by atoms with van der Waals surface area (Å²) in [5, 5.41) is 51.8. The number of imidazole rings is 1. The summed E-state index contributed by atoms with van der Waals surface area (Å²) in [6.07, 6.45) is -2.98. The van der Waals surface area contributed by atoms with Crippen LogP contribution in [0.2, 0.25) is 0 Å². The zero-order chi connectivity index (χ0) is 19.6. The van der Waals surface area contributed by atoms with Crippen molar-refractivity contribution in [1.29, 1.82) is 0 Å². The standard InChI is InChI=1S/C16H25N5O6/c1-8(4-22)2-3-17-14-10-15(19-6-18-14)21(7-20-10)16-13(26)12(25)11(24)9(5-23)27-16/h6-9,11-13,16,22-26H,2-5H2,1H3,(H,17,18,19). The van der Waals surface area contributed by atoms with Gasteiger partial charge in [0.05, 0.1) is 12.9 Å². The second-order valence-corrected chi connectivity index (χ2v) is 6.77. The van der Waals surface area contributed by atoms with Gasteiger partial charge in [-0.1, -0.05) is 6.92 Å². The summed E-state index contributed by atoms with van der Waals surface area (Å²) in [4.78, 5) is 12.6. The lowest BCUT2D eigenvalue weighted by molar-refractivity contribution is -0.250. The highest BCUT2D eigenvalue weighted by Crippen LogP contribution is 2.31. The van der Waals surface area contributed by atoms with Gasteiger partial charge in [0.2, 0.25) is 0 Å². The van der Waals surface area contributed by atoms with Crippen molar-refractivity contribution in [1.82, 2.24) is 19.5 Å². The Labute approximate surface area is 155 Å². The highest BCUT2D eigenvalue weighted by atomic mass is 16.6. The number of aliphatic hydroxyl groups excluding tert-OH is 5. The van der Waals surface area contributed by atoms with Crippen molar-refractivity contribution in [3.63, 3.8) is 0 Å². The van der Waals surface area contributed by atoms with E-state index in [1.165, 1.54) is 17.2 Å². The van der Waals surface area contributed by atoms with E-state index in [0.717, 1.165) is 6.42 Å². The third kappa shape index (κ3) is 3.88.